The van der Waals surface area contributed by atoms with E-state index in [0.717, 1.165) is 13.8 Å². The number of aromatic nitrogens is 2. The molecule has 2 aromatic rings. The summed E-state index contributed by atoms with van der Waals surface area (Å²) in [5.41, 5.74) is 0.445. The van der Waals surface area contributed by atoms with Gasteiger partial charge in [0.05, 0.1) is 11.3 Å². The van der Waals surface area contributed by atoms with Gasteiger partial charge in [-0.25, -0.2) is 4.79 Å². The van der Waals surface area contributed by atoms with Crippen molar-refractivity contribution in [1.29, 1.82) is 0 Å². The molecule has 6 heteroatoms. The van der Waals surface area contributed by atoms with Crippen molar-refractivity contribution in [2.24, 2.45) is 19.1 Å². The molecule has 98 valence electrons. The Bertz CT molecular complexity index is 759. The monoisotopic (exact) mass is 369 g/mol. The minimum absolute atomic E-state index is 0.350. The predicted octanol–water partition coefficient (Wildman–Crippen LogP) is 1.44. The van der Waals surface area contributed by atoms with Crippen LogP contribution in [0.1, 0.15) is 5.56 Å². The average Bonchev–Trinajstić information content (AvgIpc) is 2.39. The van der Waals surface area contributed by atoms with Crippen LogP contribution in [0.4, 0.5) is 5.69 Å². The van der Waals surface area contributed by atoms with Gasteiger partial charge in [0.15, 0.2) is 0 Å². The van der Waals surface area contributed by atoms with Crippen LogP contribution < -0.4 is 11.2 Å². The molecule has 19 heavy (non-hydrogen) atoms. The van der Waals surface area contributed by atoms with E-state index in [2.05, 4.69) is 27.6 Å². The lowest BCUT2D eigenvalue weighted by atomic mass is 10.3. The minimum atomic E-state index is -0.351. The summed E-state index contributed by atoms with van der Waals surface area (Å²) in [5, 5.41) is 0. The zero-order valence-electron chi connectivity index (χ0n) is 10.5. The van der Waals surface area contributed by atoms with Crippen LogP contribution in [0.5, 0.6) is 0 Å². The van der Waals surface area contributed by atoms with Crippen LogP contribution in [0.25, 0.3) is 0 Å². The molecule has 1 heterocycles. The summed E-state index contributed by atoms with van der Waals surface area (Å²) in [6.07, 6.45) is 2.97. The summed E-state index contributed by atoms with van der Waals surface area (Å²) in [6, 6.07) is 7.62. The average molecular weight is 369 g/mol. The Hall–Kier alpha value is -1.70. The quantitative estimate of drug-likeness (QED) is 0.594. The molecular formula is C13H12IN3O2. The van der Waals surface area contributed by atoms with Crippen LogP contribution in [0, 0.1) is 3.57 Å². The van der Waals surface area contributed by atoms with Gasteiger partial charge in [0.25, 0.3) is 5.56 Å². The molecule has 0 atom stereocenters. The molecule has 0 aliphatic heterocycles. The Balaban J connectivity index is 2.45. The molecule has 0 aliphatic carbocycles. The molecule has 2 rings (SSSR count). The number of aryl methyl sites for hydroxylation is 1. The van der Waals surface area contributed by atoms with E-state index in [1.54, 1.807) is 7.05 Å². The first kappa shape index (κ1) is 13.7. The van der Waals surface area contributed by atoms with Gasteiger partial charge in [-0.3, -0.25) is 14.4 Å². The second-order valence-corrected chi connectivity index (χ2v) is 5.33. The van der Waals surface area contributed by atoms with Crippen LogP contribution in [0.2, 0.25) is 0 Å². The summed E-state index contributed by atoms with van der Waals surface area (Å²) >= 11 is 2.20. The topological polar surface area (TPSA) is 56.4 Å². The first-order chi connectivity index (χ1) is 8.99. The Morgan fingerprint density at radius 3 is 2.68 bits per heavy atom. The van der Waals surface area contributed by atoms with Crippen molar-refractivity contribution in [2.75, 3.05) is 0 Å². The summed E-state index contributed by atoms with van der Waals surface area (Å²) in [7, 11) is 3.05. The van der Waals surface area contributed by atoms with Gasteiger partial charge in [-0.2, -0.15) is 0 Å². The largest absolute Gasteiger partial charge is 0.330 e. The molecule has 0 bridgehead atoms. The van der Waals surface area contributed by atoms with Gasteiger partial charge in [0.2, 0.25) is 0 Å². The molecule has 0 unspecified atom stereocenters. The van der Waals surface area contributed by atoms with Gasteiger partial charge >= 0.3 is 5.69 Å². The maximum atomic E-state index is 11.9. The van der Waals surface area contributed by atoms with Crippen molar-refractivity contribution in [3.8, 4) is 0 Å². The van der Waals surface area contributed by atoms with E-state index in [1.165, 1.54) is 24.0 Å². The van der Waals surface area contributed by atoms with Gasteiger partial charge in [0.1, 0.15) is 0 Å². The first-order valence-corrected chi connectivity index (χ1v) is 6.63. The maximum Gasteiger partial charge on any atom is 0.330 e. The smallest absolute Gasteiger partial charge is 0.303 e. The minimum Gasteiger partial charge on any atom is -0.303 e. The lowest BCUT2D eigenvalue weighted by molar-refractivity contribution is 0.684. The van der Waals surface area contributed by atoms with Crippen molar-refractivity contribution in [1.82, 2.24) is 9.13 Å². The molecule has 0 amide bonds. The second-order valence-electron chi connectivity index (χ2n) is 4.08. The molecule has 0 radical (unpaired) electrons. The standard InChI is InChI=1S/C13H12IN3O2/c1-16-8-9(12(18)17(2)13(16)19)7-15-11-5-3-4-10(14)6-11/h3-8H,1-2H3. The highest BCUT2D eigenvalue weighted by molar-refractivity contribution is 14.1. The third-order valence-corrected chi connectivity index (χ3v) is 3.30. The third-order valence-electron chi connectivity index (χ3n) is 2.63. The summed E-state index contributed by atoms with van der Waals surface area (Å²) in [4.78, 5) is 27.7. The van der Waals surface area contributed by atoms with Gasteiger partial charge < -0.3 is 4.57 Å². The van der Waals surface area contributed by atoms with Crippen LogP contribution in [-0.4, -0.2) is 15.3 Å². The third kappa shape index (κ3) is 3.01. The zero-order chi connectivity index (χ0) is 14.0. The highest BCUT2D eigenvalue weighted by Gasteiger charge is 2.04. The lowest BCUT2D eigenvalue weighted by Crippen LogP contribution is -2.38. The highest BCUT2D eigenvalue weighted by Crippen LogP contribution is 2.14. The summed E-state index contributed by atoms with van der Waals surface area (Å²) < 4.78 is 3.49. The molecular weight excluding hydrogens is 357 g/mol. The van der Waals surface area contributed by atoms with Gasteiger partial charge in [-0.05, 0) is 40.8 Å². The number of hydrogen-bond donors (Lipinski definition) is 0. The van der Waals surface area contributed by atoms with Crippen molar-refractivity contribution in [2.45, 2.75) is 0 Å². The molecule has 0 saturated carbocycles. The highest BCUT2D eigenvalue weighted by atomic mass is 127. The Morgan fingerprint density at radius 1 is 1.26 bits per heavy atom. The van der Waals surface area contributed by atoms with E-state index in [0.29, 0.717) is 5.56 Å². The number of nitrogens with zero attached hydrogens (tertiary/aromatic N) is 3. The summed E-state index contributed by atoms with van der Waals surface area (Å²) in [6.45, 7) is 0. The van der Waals surface area contributed by atoms with Crippen molar-refractivity contribution >= 4 is 34.5 Å². The Labute approximate surface area is 123 Å². The van der Waals surface area contributed by atoms with Crippen LogP contribution in [0.3, 0.4) is 0 Å². The summed E-state index contributed by atoms with van der Waals surface area (Å²) in [5.74, 6) is 0. The molecule has 0 N–H and O–H groups in total. The van der Waals surface area contributed by atoms with Crippen molar-refractivity contribution in [3.05, 3.63) is 60.4 Å². The number of hydrogen-bond acceptors (Lipinski definition) is 3. The Kier molecular flexibility index (Phi) is 3.98. The molecule has 0 spiro atoms. The van der Waals surface area contributed by atoms with Crippen molar-refractivity contribution in [3.63, 3.8) is 0 Å². The maximum absolute atomic E-state index is 11.9. The predicted molar refractivity (Wildman–Crippen MR) is 83.3 cm³/mol. The Morgan fingerprint density at radius 2 is 2.00 bits per heavy atom. The van der Waals surface area contributed by atoms with E-state index in [4.69, 9.17) is 0 Å². The first-order valence-electron chi connectivity index (χ1n) is 5.55. The lowest BCUT2D eigenvalue weighted by Gasteiger charge is -2.02. The molecule has 0 fully saturated rings. The van der Waals surface area contributed by atoms with E-state index in [1.807, 2.05) is 24.3 Å². The molecule has 0 aliphatic rings. The van der Waals surface area contributed by atoms with Gasteiger partial charge in [0, 0.05) is 30.1 Å². The fourth-order valence-corrected chi connectivity index (χ4v) is 2.15. The zero-order valence-corrected chi connectivity index (χ0v) is 12.7. The fraction of sp³-hybridized carbons (Fsp3) is 0.154. The normalized spacial score (nSPS) is 11.1. The SMILES string of the molecule is Cn1cc(C=Nc2cccc(I)c2)c(=O)n(C)c1=O. The number of halogens is 1. The van der Waals surface area contributed by atoms with Crippen molar-refractivity contribution < 1.29 is 0 Å². The molecule has 1 aromatic carbocycles. The van der Waals surface area contributed by atoms with E-state index in [9.17, 15) is 9.59 Å². The van der Waals surface area contributed by atoms with Gasteiger partial charge in [-0.1, -0.05) is 6.07 Å². The van der Waals surface area contributed by atoms with Gasteiger partial charge in [-0.15, -0.1) is 0 Å². The van der Waals surface area contributed by atoms with E-state index < -0.39 is 0 Å². The van der Waals surface area contributed by atoms with Crippen LogP contribution >= 0.6 is 22.6 Å². The molecule has 0 saturated heterocycles. The van der Waals surface area contributed by atoms with Crippen LogP contribution in [-0.2, 0) is 14.1 Å². The molecule has 1 aromatic heterocycles. The number of benzene rings is 1. The molecule has 5 nitrogen and oxygen atoms in total. The number of rotatable bonds is 2. The van der Waals surface area contributed by atoms with Crippen LogP contribution in [0.15, 0.2) is 45.0 Å². The van der Waals surface area contributed by atoms with E-state index in [-0.39, 0.29) is 11.2 Å². The van der Waals surface area contributed by atoms with E-state index >= 15 is 0 Å². The second kappa shape index (κ2) is 5.52. The number of aliphatic imine (C=N–C) groups is 1. The fourth-order valence-electron chi connectivity index (χ4n) is 1.63.